The molecule has 0 unspecified atom stereocenters. The fraction of sp³-hybridized carbons (Fsp3) is 0.474. The van der Waals surface area contributed by atoms with Crippen molar-refractivity contribution in [2.24, 2.45) is 0 Å². The number of nitrogens with zero attached hydrogens (tertiary/aromatic N) is 1. The molecule has 1 aliphatic heterocycles. The van der Waals surface area contributed by atoms with Crippen molar-refractivity contribution in [3.63, 3.8) is 0 Å². The zero-order valence-corrected chi connectivity index (χ0v) is 15.8. The fourth-order valence-corrected chi connectivity index (χ4v) is 2.66. The Morgan fingerprint density at radius 2 is 1.81 bits per heavy atom. The molecule has 27 heavy (non-hydrogen) atoms. The molecule has 1 atom stereocenters. The predicted octanol–water partition coefficient (Wildman–Crippen LogP) is 1.000. The highest BCUT2D eigenvalue weighted by Gasteiger charge is 2.22. The molecule has 2 rings (SSSR count). The molecule has 1 aromatic rings. The summed E-state index contributed by atoms with van der Waals surface area (Å²) in [6.45, 7) is 5.41. The average Bonchev–Trinajstić information content (AvgIpc) is 3.05. The van der Waals surface area contributed by atoms with Crippen molar-refractivity contribution in [2.75, 3.05) is 18.0 Å². The number of amides is 3. The number of esters is 1. The highest BCUT2D eigenvalue weighted by molar-refractivity contribution is 5.98. The van der Waals surface area contributed by atoms with Gasteiger partial charge in [-0.1, -0.05) is 0 Å². The van der Waals surface area contributed by atoms with Gasteiger partial charge in [0.15, 0.2) is 6.10 Å². The maximum atomic E-state index is 12.1. The van der Waals surface area contributed by atoms with E-state index in [1.54, 1.807) is 43.0 Å². The molecule has 1 aromatic carbocycles. The maximum Gasteiger partial charge on any atom is 0.326 e. The second-order valence-electron chi connectivity index (χ2n) is 6.67. The van der Waals surface area contributed by atoms with Crippen LogP contribution in [0.15, 0.2) is 24.3 Å². The summed E-state index contributed by atoms with van der Waals surface area (Å²) in [6, 6.07) is 6.54. The number of benzene rings is 1. The third-order valence-corrected chi connectivity index (χ3v) is 4.02. The number of carbonyl (C=O) groups excluding carboxylic acids is 4. The molecule has 0 bridgehead atoms. The van der Waals surface area contributed by atoms with Crippen molar-refractivity contribution in [1.82, 2.24) is 10.6 Å². The molecule has 0 spiro atoms. The van der Waals surface area contributed by atoms with E-state index in [0.29, 0.717) is 18.5 Å². The predicted molar refractivity (Wildman–Crippen MR) is 99.2 cm³/mol. The molecule has 0 aromatic heterocycles. The Hall–Kier alpha value is -2.90. The first kappa shape index (κ1) is 20.4. The highest BCUT2D eigenvalue weighted by atomic mass is 16.5. The fourth-order valence-electron chi connectivity index (χ4n) is 2.66. The summed E-state index contributed by atoms with van der Waals surface area (Å²) in [6.07, 6.45) is 0.434. The Bertz CT molecular complexity index is 715. The van der Waals surface area contributed by atoms with E-state index in [1.807, 2.05) is 0 Å². The van der Waals surface area contributed by atoms with Crippen LogP contribution in [0, 0.1) is 0 Å². The Kier molecular flexibility index (Phi) is 6.92. The van der Waals surface area contributed by atoms with E-state index < -0.39 is 23.9 Å². The van der Waals surface area contributed by atoms with Crippen LogP contribution < -0.4 is 15.5 Å². The number of hydrogen-bond donors (Lipinski definition) is 2. The van der Waals surface area contributed by atoms with Gasteiger partial charge in [-0.3, -0.25) is 19.2 Å². The SMILES string of the molecule is CC(C)NC(=O)[C@@H](C)OC(=O)CNC(=O)c1ccc(N2CCCC2=O)cc1. The van der Waals surface area contributed by atoms with Crippen molar-refractivity contribution >= 4 is 29.4 Å². The number of carbonyl (C=O) groups is 4. The number of nitrogens with one attached hydrogen (secondary N) is 2. The minimum Gasteiger partial charge on any atom is -0.451 e. The van der Waals surface area contributed by atoms with Gasteiger partial charge in [0, 0.05) is 30.3 Å². The molecule has 8 heteroatoms. The van der Waals surface area contributed by atoms with Crippen LogP contribution in [-0.2, 0) is 19.1 Å². The Morgan fingerprint density at radius 3 is 2.37 bits per heavy atom. The molecular formula is C19H25N3O5. The molecule has 1 saturated heterocycles. The number of hydrogen-bond acceptors (Lipinski definition) is 5. The maximum absolute atomic E-state index is 12.1. The average molecular weight is 375 g/mol. The van der Waals surface area contributed by atoms with E-state index in [9.17, 15) is 19.2 Å². The lowest BCUT2D eigenvalue weighted by Crippen LogP contribution is -2.41. The Labute approximate surface area is 158 Å². The van der Waals surface area contributed by atoms with Crippen LogP contribution >= 0.6 is 0 Å². The van der Waals surface area contributed by atoms with Crippen LogP contribution in [0.25, 0.3) is 0 Å². The monoisotopic (exact) mass is 375 g/mol. The van der Waals surface area contributed by atoms with Crippen LogP contribution in [0.1, 0.15) is 44.0 Å². The minimum absolute atomic E-state index is 0.0582. The van der Waals surface area contributed by atoms with Gasteiger partial charge in [-0.05, 0) is 51.5 Å². The minimum atomic E-state index is -0.936. The van der Waals surface area contributed by atoms with Gasteiger partial charge in [-0.2, -0.15) is 0 Å². The second-order valence-corrected chi connectivity index (χ2v) is 6.67. The van der Waals surface area contributed by atoms with E-state index in [1.165, 1.54) is 6.92 Å². The summed E-state index contributed by atoms with van der Waals surface area (Å²) in [4.78, 5) is 49.0. The highest BCUT2D eigenvalue weighted by Crippen LogP contribution is 2.21. The van der Waals surface area contributed by atoms with Gasteiger partial charge in [-0.25, -0.2) is 0 Å². The lowest BCUT2D eigenvalue weighted by Gasteiger charge is -2.16. The lowest BCUT2D eigenvalue weighted by atomic mass is 10.2. The quantitative estimate of drug-likeness (QED) is 0.692. The molecule has 3 amide bonds. The standard InChI is InChI=1S/C19H25N3O5/c1-12(2)21-18(25)13(3)27-17(24)11-20-19(26)14-6-8-15(9-7-14)22-10-4-5-16(22)23/h6-9,12-13H,4-5,10-11H2,1-3H3,(H,20,26)(H,21,25)/t13-/m1/s1. The van der Waals surface area contributed by atoms with Crippen molar-refractivity contribution in [1.29, 1.82) is 0 Å². The van der Waals surface area contributed by atoms with E-state index in [-0.39, 0.29) is 18.5 Å². The molecular weight excluding hydrogens is 350 g/mol. The summed E-state index contributed by atoms with van der Waals surface area (Å²) < 4.78 is 4.99. The van der Waals surface area contributed by atoms with E-state index in [0.717, 1.165) is 12.1 Å². The van der Waals surface area contributed by atoms with Gasteiger partial charge in [-0.15, -0.1) is 0 Å². The first-order chi connectivity index (χ1) is 12.8. The van der Waals surface area contributed by atoms with E-state index in [2.05, 4.69) is 10.6 Å². The summed E-state index contributed by atoms with van der Waals surface area (Å²) in [5, 5.41) is 5.09. The largest absolute Gasteiger partial charge is 0.451 e. The molecule has 8 nitrogen and oxygen atoms in total. The Balaban J connectivity index is 1.82. The topological polar surface area (TPSA) is 105 Å². The smallest absolute Gasteiger partial charge is 0.326 e. The van der Waals surface area contributed by atoms with Crippen molar-refractivity contribution in [2.45, 2.75) is 45.8 Å². The van der Waals surface area contributed by atoms with Crippen molar-refractivity contribution < 1.29 is 23.9 Å². The van der Waals surface area contributed by atoms with Crippen molar-refractivity contribution in [3.05, 3.63) is 29.8 Å². The zero-order chi connectivity index (χ0) is 20.0. The summed E-state index contributed by atoms with van der Waals surface area (Å²) in [5.41, 5.74) is 1.11. The molecule has 0 saturated carbocycles. The van der Waals surface area contributed by atoms with Gasteiger partial charge in [0.1, 0.15) is 6.54 Å². The third kappa shape index (κ3) is 5.80. The van der Waals surface area contributed by atoms with Crippen LogP contribution in [-0.4, -0.2) is 48.9 Å². The molecule has 1 heterocycles. The molecule has 1 aliphatic rings. The molecule has 0 aliphatic carbocycles. The van der Waals surface area contributed by atoms with Crippen molar-refractivity contribution in [3.8, 4) is 0 Å². The van der Waals surface area contributed by atoms with Gasteiger partial charge in [0.05, 0.1) is 0 Å². The first-order valence-electron chi connectivity index (χ1n) is 8.96. The second kappa shape index (κ2) is 9.16. The van der Waals surface area contributed by atoms with Gasteiger partial charge >= 0.3 is 5.97 Å². The number of ether oxygens (including phenoxy) is 1. The number of anilines is 1. The van der Waals surface area contributed by atoms with E-state index >= 15 is 0 Å². The first-order valence-corrected chi connectivity index (χ1v) is 8.96. The lowest BCUT2D eigenvalue weighted by molar-refractivity contribution is -0.153. The van der Waals surface area contributed by atoms with Gasteiger partial charge in [0.25, 0.3) is 11.8 Å². The molecule has 0 radical (unpaired) electrons. The normalized spacial score (nSPS) is 14.8. The van der Waals surface area contributed by atoms with Gasteiger partial charge < -0.3 is 20.3 Å². The molecule has 2 N–H and O–H groups in total. The third-order valence-electron chi connectivity index (χ3n) is 4.02. The van der Waals surface area contributed by atoms with Crippen LogP contribution in [0.5, 0.6) is 0 Å². The summed E-state index contributed by atoms with van der Waals surface area (Å²) in [7, 11) is 0. The summed E-state index contributed by atoms with van der Waals surface area (Å²) in [5.74, 6) is -1.46. The molecule has 1 fully saturated rings. The van der Waals surface area contributed by atoms with Crippen LogP contribution in [0.2, 0.25) is 0 Å². The van der Waals surface area contributed by atoms with Gasteiger partial charge in [0.2, 0.25) is 5.91 Å². The Morgan fingerprint density at radius 1 is 1.15 bits per heavy atom. The molecule has 146 valence electrons. The summed E-state index contributed by atoms with van der Waals surface area (Å²) >= 11 is 0. The zero-order valence-electron chi connectivity index (χ0n) is 15.8. The van der Waals surface area contributed by atoms with E-state index in [4.69, 9.17) is 4.74 Å². The van der Waals surface area contributed by atoms with Crippen LogP contribution in [0.3, 0.4) is 0 Å². The van der Waals surface area contributed by atoms with Crippen LogP contribution in [0.4, 0.5) is 5.69 Å². The number of rotatable bonds is 7.